The standard InChI is InChI=1S/C26H34Cl2N6O2/c1-17-23(31-16-32-24(17)30-10-7-18-5-6-21(27)22(28)14-18)26(36)33-12-8-20(9-13-33)34-11-3-4-19(15-34)25(35)29-2/h5-6,14,16,19-20H,3-4,7-13,15H2,1-2H3,(H,29,35)(H,30,31,32). The fraction of sp³-hybridized carbons (Fsp3) is 0.538. The molecule has 2 aliphatic heterocycles. The molecule has 3 heterocycles. The molecular weight excluding hydrogens is 499 g/mol. The molecule has 4 rings (SSSR count). The zero-order valence-electron chi connectivity index (χ0n) is 20.9. The highest BCUT2D eigenvalue weighted by atomic mass is 35.5. The van der Waals surface area contributed by atoms with Gasteiger partial charge in [0.25, 0.3) is 5.91 Å². The Balaban J connectivity index is 1.31. The molecule has 8 nitrogen and oxygen atoms in total. The van der Waals surface area contributed by atoms with Crippen LogP contribution >= 0.6 is 23.2 Å². The molecule has 2 aromatic rings. The molecule has 2 saturated heterocycles. The maximum atomic E-state index is 13.3. The number of halogens is 2. The first-order valence-electron chi connectivity index (χ1n) is 12.6. The summed E-state index contributed by atoms with van der Waals surface area (Å²) in [6, 6.07) is 6.01. The molecule has 1 atom stereocenters. The first-order valence-corrected chi connectivity index (χ1v) is 13.4. The minimum atomic E-state index is -0.0530. The lowest BCUT2D eigenvalue weighted by molar-refractivity contribution is -0.126. The van der Waals surface area contributed by atoms with Crippen molar-refractivity contribution in [1.29, 1.82) is 0 Å². The van der Waals surface area contributed by atoms with Gasteiger partial charge >= 0.3 is 0 Å². The number of likely N-dealkylation sites (tertiary alicyclic amines) is 2. The Labute approximate surface area is 222 Å². The number of carbonyl (C=O) groups excluding carboxylic acids is 2. The van der Waals surface area contributed by atoms with Crippen molar-refractivity contribution < 1.29 is 9.59 Å². The van der Waals surface area contributed by atoms with Crippen molar-refractivity contribution in [2.75, 3.05) is 45.1 Å². The topological polar surface area (TPSA) is 90.5 Å². The van der Waals surface area contributed by atoms with Gasteiger partial charge in [0.1, 0.15) is 17.8 Å². The van der Waals surface area contributed by atoms with Crippen molar-refractivity contribution in [2.24, 2.45) is 5.92 Å². The average molecular weight is 534 g/mol. The maximum Gasteiger partial charge on any atom is 0.272 e. The Kier molecular flexibility index (Phi) is 9.04. The molecule has 2 aliphatic rings. The van der Waals surface area contributed by atoms with E-state index >= 15 is 0 Å². The number of rotatable bonds is 7. The lowest BCUT2D eigenvalue weighted by atomic mass is 9.93. The number of hydrogen-bond donors (Lipinski definition) is 2. The molecule has 1 aromatic heterocycles. The first kappa shape index (κ1) is 26.6. The first-order chi connectivity index (χ1) is 17.4. The predicted octanol–water partition coefficient (Wildman–Crippen LogP) is 3.81. The van der Waals surface area contributed by atoms with E-state index in [9.17, 15) is 9.59 Å². The van der Waals surface area contributed by atoms with Gasteiger partial charge < -0.3 is 15.5 Å². The van der Waals surface area contributed by atoms with Gasteiger partial charge in [-0.3, -0.25) is 14.5 Å². The molecule has 1 unspecified atom stereocenters. The van der Waals surface area contributed by atoms with Gasteiger partial charge in [-0.05, 0) is 63.3 Å². The molecule has 2 amide bonds. The molecule has 2 fully saturated rings. The Morgan fingerprint density at radius 1 is 1.08 bits per heavy atom. The summed E-state index contributed by atoms with van der Waals surface area (Å²) >= 11 is 12.1. The molecule has 0 radical (unpaired) electrons. The summed E-state index contributed by atoms with van der Waals surface area (Å²) in [5, 5.41) is 7.19. The zero-order chi connectivity index (χ0) is 25.7. The SMILES string of the molecule is CNC(=O)C1CCCN(C2CCN(C(=O)c3ncnc(NCCc4ccc(Cl)c(Cl)c4)c3C)CC2)C1. The van der Waals surface area contributed by atoms with Gasteiger partial charge in [-0.15, -0.1) is 0 Å². The van der Waals surface area contributed by atoms with Crippen LogP contribution in [-0.4, -0.2) is 77.4 Å². The number of piperidine rings is 2. The summed E-state index contributed by atoms with van der Waals surface area (Å²) in [5.41, 5.74) is 2.26. The summed E-state index contributed by atoms with van der Waals surface area (Å²) in [4.78, 5) is 38.4. The molecule has 0 bridgehead atoms. The molecule has 2 N–H and O–H groups in total. The molecule has 0 saturated carbocycles. The molecule has 194 valence electrons. The number of nitrogens with one attached hydrogen (secondary N) is 2. The summed E-state index contributed by atoms with van der Waals surface area (Å²) in [6.45, 7) is 5.73. The number of aromatic nitrogens is 2. The molecule has 0 aliphatic carbocycles. The molecular formula is C26H34Cl2N6O2. The summed E-state index contributed by atoms with van der Waals surface area (Å²) in [7, 11) is 1.71. The number of anilines is 1. The molecule has 36 heavy (non-hydrogen) atoms. The monoisotopic (exact) mass is 532 g/mol. The van der Waals surface area contributed by atoms with E-state index in [1.807, 2.05) is 24.0 Å². The van der Waals surface area contributed by atoms with E-state index in [1.54, 1.807) is 13.1 Å². The van der Waals surface area contributed by atoms with E-state index < -0.39 is 0 Å². The van der Waals surface area contributed by atoms with Gasteiger partial charge in [0.2, 0.25) is 5.91 Å². The Morgan fingerprint density at radius 3 is 2.58 bits per heavy atom. The number of benzene rings is 1. The van der Waals surface area contributed by atoms with E-state index in [0.29, 0.717) is 47.2 Å². The Hall–Kier alpha value is -2.42. The zero-order valence-corrected chi connectivity index (χ0v) is 22.4. The lowest BCUT2D eigenvalue weighted by Crippen LogP contribution is -2.51. The highest BCUT2D eigenvalue weighted by Crippen LogP contribution is 2.26. The van der Waals surface area contributed by atoms with E-state index in [-0.39, 0.29) is 17.7 Å². The molecule has 1 aromatic carbocycles. The summed E-state index contributed by atoms with van der Waals surface area (Å²) in [5.74, 6) is 0.808. The van der Waals surface area contributed by atoms with Gasteiger partial charge in [0, 0.05) is 44.8 Å². The van der Waals surface area contributed by atoms with E-state index in [4.69, 9.17) is 23.2 Å². The van der Waals surface area contributed by atoms with Crippen LogP contribution in [0.1, 0.15) is 47.3 Å². The highest BCUT2D eigenvalue weighted by Gasteiger charge is 2.33. The van der Waals surface area contributed by atoms with Crippen molar-refractivity contribution in [3.8, 4) is 0 Å². The quantitative estimate of drug-likeness (QED) is 0.563. The van der Waals surface area contributed by atoms with Crippen LogP contribution in [0.4, 0.5) is 5.82 Å². The molecule has 10 heteroatoms. The molecule has 0 spiro atoms. The second-order valence-electron chi connectivity index (χ2n) is 9.59. The van der Waals surface area contributed by atoms with Crippen molar-refractivity contribution in [2.45, 2.75) is 45.1 Å². The van der Waals surface area contributed by atoms with Crippen LogP contribution in [0.2, 0.25) is 10.0 Å². The largest absolute Gasteiger partial charge is 0.369 e. The Bertz CT molecular complexity index is 1090. The summed E-state index contributed by atoms with van der Waals surface area (Å²) < 4.78 is 0. The van der Waals surface area contributed by atoms with Gasteiger partial charge in [-0.1, -0.05) is 29.3 Å². The fourth-order valence-corrected chi connectivity index (χ4v) is 5.53. The van der Waals surface area contributed by atoms with Crippen molar-refractivity contribution in [1.82, 2.24) is 25.1 Å². The van der Waals surface area contributed by atoms with Crippen LogP contribution in [-0.2, 0) is 11.2 Å². The lowest BCUT2D eigenvalue weighted by Gasteiger charge is -2.42. The average Bonchev–Trinajstić information content (AvgIpc) is 2.91. The third kappa shape index (κ3) is 6.28. The van der Waals surface area contributed by atoms with Crippen molar-refractivity contribution in [3.63, 3.8) is 0 Å². The maximum absolute atomic E-state index is 13.3. The van der Waals surface area contributed by atoms with E-state index in [0.717, 1.165) is 56.3 Å². The number of hydrogen-bond acceptors (Lipinski definition) is 6. The number of nitrogens with zero attached hydrogens (tertiary/aromatic N) is 4. The second-order valence-corrected chi connectivity index (χ2v) is 10.4. The number of amides is 2. The fourth-order valence-electron chi connectivity index (χ4n) is 5.20. The smallest absolute Gasteiger partial charge is 0.272 e. The minimum Gasteiger partial charge on any atom is -0.369 e. The van der Waals surface area contributed by atoms with Crippen LogP contribution in [0.25, 0.3) is 0 Å². The Morgan fingerprint density at radius 2 is 1.86 bits per heavy atom. The third-order valence-corrected chi connectivity index (χ3v) is 8.05. The van der Waals surface area contributed by atoms with E-state index in [2.05, 4.69) is 25.5 Å². The normalized spacial score (nSPS) is 19.2. The second kappa shape index (κ2) is 12.2. The summed E-state index contributed by atoms with van der Waals surface area (Å²) in [6.07, 6.45) is 5.99. The van der Waals surface area contributed by atoms with Gasteiger partial charge in [-0.25, -0.2) is 9.97 Å². The van der Waals surface area contributed by atoms with Crippen LogP contribution < -0.4 is 10.6 Å². The highest BCUT2D eigenvalue weighted by molar-refractivity contribution is 6.42. The number of carbonyl (C=O) groups is 2. The van der Waals surface area contributed by atoms with Crippen LogP contribution in [0, 0.1) is 12.8 Å². The van der Waals surface area contributed by atoms with Crippen molar-refractivity contribution in [3.05, 3.63) is 51.4 Å². The van der Waals surface area contributed by atoms with E-state index in [1.165, 1.54) is 6.33 Å². The van der Waals surface area contributed by atoms with Crippen molar-refractivity contribution >= 4 is 40.8 Å². The predicted molar refractivity (Wildman–Crippen MR) is 143 cm³/mol. The van der Waals surface area contributed by atoms with Crippen LogP contribution in [0.5, 0.6) is 0 Å². The van der Waals surface area contributed by atoms with Crippen LogP contribution in [0.3, 0.4) is 0 Å². The minimum absolute atomic E-state index is 0.0530. The van der Waals surface area contributed by atoms with Gasteiger partial charge in [0.15, 0.2) is 0 Å². The van der Waals surface area contributed by atoms with Gasteiger partial charge in [-0.2, -0.15) is 0 Å². The van der Waals surface area contributed by atoms with Crippen LogP contribution in [0.15, 0.2) is 24.5 Å². The van der Waals surface area contributed by atoms with Gasteiger partial charge in [0.05, 0.1) is 16.0 Å². The third-order valence-electron chi connectivity index (χ3n) is 7.31.